The van der Waals surface area contributed by atoms with Gasteiger partial charge in [0.15, 0.2) is 11.9 Å². The third kappa shape index (κ3) is 5.49. The number of benzene rings is 2. The highest BCUT2D eigenvalue weighted by Crippen LogP contribution is 2.31. The number of hydrogen-bond donors (Lipinski definition) is 0. The zero-order chi connectivity index (χ0) is 28.2. The van der Waals surface area contributed by atoms with Crippen LogP contribution in [0, 0.1) is 13.8 Å². The van der Waals surface area contributed by atoms with Gasteiger partial charge in [0.25, 0.3) is 5.56 Å². The van der Waals surface area contributed by atoms with Crippen LogP contribution in [0.1, 0.15) is 48.6 Å². The maximum atomic E-state index is 13.9. The fraction of sp³-hybridized carbons (Fsp3) is 0.258. The van der Waals surface area contributed by atoms with Crippen molar-refractivity contribution in [3.05, 3.63) is 99.5 Å². The summed E-state index contributed by atoms with van der Waals surface area (Å²) >= 11 is 0. The van der Waals surface area contributed by atoms with Gasteiger partial charge in [0, 0.05) is 17.7 Å². The standard InChI is InChI=1S/C31H31N5O4/c1-5-9-27-33-25(6-2)28(39-26-17-32-20(4)16-19(26)3)30(37)36(27)18-21-12-14-22(15-13-21)23-10-7-8-11-24(23)29-34-31(38)40-35-29/h7-8,10-17H,5-6,9,18H2,1-4H3,(H,34,35,38)/p-1. The summed E-state index contributed by atoms with van der Waals surface area (Å²) in [5.41, 5.74) is 5.63. The van der Waals surface area contributed by atoms with Crippen LogP contribution in [0.25, 0.3) is 22.5 Å². The van der Waals surface area contributed by atoms with Gasteiger partial charge >= 0.3 is 0 Å². The smallest absolute Gasteiger partial charge is 0.297 e. The molecule has 0 aliphatic heterocycles. The minimum absolute atomic E-state index is 0.213. The van der Waals surface area contributed by atoms with E-state index in [-0.39, 0.29) is 17.1 Å². The van der Waals surface area contributed by atoms with Crippen molar-refractivity contribution in [1.29, 1.82) is 0 Å². The van der Waals surface area contributed by atoms with Gasteiger partial charge in [0.2, 0.25) is 5.75 Å². The van der Waals surface area contributed by atoms with Crippen LogP contribution >= 0.6 is 0 Å². The molecule has 0 unspecified atom stereocenters. The predicted octanol–water partition coefficient (Wildman–Crippen LogP) is 5.40. The van der Waals surface area contributed by atoms with Crippen LogP contribution in [0.2, 0.25) is 0 Å². The monoisotopic (exact) mass is 536 g/mol. The van der Waals surface area contributed by atoms with Crippen LogP contribution < -0.4 is 15.4 Å². The van der Waals surface area contributed by atoms with Gasteiger partial charge in [-0.1, -0.05) is 62.4 Å². The van der Waals surface area contributed by atoms with Crippen molar-refractivity contribution in [2.24, 2.45) is 0 Å². The molecule has 0 atom stereocenters. The molecule has 3 aromatic heterocycles. The van der Waals surface area contributed by atoms with E-state index in [4.69, 9.17) is 9.72 Å². The molecule has 9 nitrogen and oxygen atoms in total. The Hall–Kier alpha value is -4.79. The average molecular weight is 537 g/mol. The first-order valence-electron chi connectivity index (χ1n) is 13.3. The lowest BCUT2D eigenvalue weighted by Gasteiger charge is -2.18. The summed E-state index contributed by atoms with van der Waals surface area (Å²) in [5, 5.41) is 15.2. The molecular formula is C31H30N5O4-. The summed E-state index contributed by atoms with van der Waals surface area (Å²) in [6, 6.07) is 17.4. The van der Waals surface area contributed by atoms with Gasteiger partial charge in [-0.05, 0) is 55.0 Å². The van der Waals surface area contributed by atoms with Crippen LogP contribution in [-0.2, 0) is 19.4 Å². The first-order valence-corrected chi connectivity index (χ1v) is 13.3. The number of hydrogen-bond acceptors (Lipinski definition) is 8. The summed E-state index contributed by atoms with van der Waals surface area (Å²) in [6.07, 6.45) is 3.02. The zero-order valence-corrected chi connectivity index (χ0v) is 23.0. The van der Waals surface area contributed by atoms with E-state index in [1.54, 1.807) is 10.8 Å². The first kappa shape index (κ1) is 26.8. The molecule has 5 rings (SSSR count). The minimum atomic E-state index is -0.728. The zero-order valence-electron chi connectivity index (χ0n) is 23.0. The quantitative estimate of drug-likeness (QED) is 0.246. The molecule has 0 aliphatic rings. The Morgan fingerprint density at radius 3 is 2.40 bits per heavy atom. The lowest BCUT2D eigenvalue weighted by Crippen LogP contribution is -2.28. The number of aryl methyl sites for hydroxylation is 4. The van der Waals surface area contributed by atoms with E-state index in [1.807, 2.05) is 75.4 Å². The van der Waals surface area contributed by atoms with Crippen molar-refractivity contribution in [2.75, 3.05) is 0 Å². The van der Waals surface area contributed by atoms with Crippen LogP contribution in [0.3, 0.4) is 0 Å². The number of pyridine rings is 1. The molecule has 3 heterocycles. The Bertz CT molecular complexity index is 1710. The normalized spacial score (nSPS) is 11.1. The highest BCUT2D eigenvalue weighted by Gasteiger charge is 2.19. The van der Waals surface area contributed by atoms with Crippen LogP contribution in [-0.4, -0.2) is 24.7 Å². The van der Waals surface area contributed by atoms with Gasteiger partial charge in [-0.2, -0.15) is 5.16 Å². The number of rotatable bonds is 9. The van der Waals surface area contributed by atoms with Crippen LogP contribution in [0.15, 0.2) is 70.1 Å². The lowest BCUT2D eigenvalue weighted by molar-refractivity contribution is -0.303. The SMILES string of the molecule is CCCc1nc(CC)c(Oc2cnc(C)cc2C)c(=O)n1Cc1ccc(-c2ccccc2-c2noc([O-])n2)cc1. The number of ether oxygens (including phenoxy) is 1. The fourth-order valence-corrected chi connectivity index (χ4v) is 4.67. The average Bonchev–Trinajstić information content (AvgIpc) is 3.39. The van der Waals surface area contributed by atoms with E-state index in [0.29, 0.717) is 36.4 Å². The second-order valence-corrected chi connectivity index (χ2v) is 9.62. The second kappa shape index (κ2) is 11.5. The molecule has 0 saturated heterocycles. The van der Waals surface area contributed by atoms with Crippen LogP contribution in [0.4, 0.5) is 0 Å². The van der Waals surface area contributed by atoms with Crippen molar-refractivity contribution in [3.8, 4) is 40.1 Å². The first-order chi connectivity index (χ1) is 19.4. The largest absolute Gasteiger partial charge is 0.528 e. The van der Waals surface area contributed by atoms with Crippen LogP contribution in [0.5, 0.6) is 17.6 Å². The molecule has 0 saturated carbocycles. The Morgan fingerprint density at radius 2 is 1.75 bits per heavy atom. The van der Waals surface area contributed by atoms with E-state index in [0.717, 1.165) is 40.2 Å². The lowest BCUT2D eigenvalue weighted by atomic mass is 9.98. The maximum absolute atomic E-state index is 13.9. The predicted molar refractivity (Wildman–Crippen MR) is 149 cm³/mol. The molecule has 204 valence electrons. The molecule has 40 heavy (non-hydrogen) atoms. The van der Waals surface area contributed by atoms with E-state index in [1.165, 1.54) is 0 Å². The molecule has 0 amide bonds. The van der Waals surface area contributed by atoms with E-state index in [2.05, 4.69) is 26.6 Å². The number of nitrogens with zero attached hydrogens (tertiary/aromatic N) is 5. The van der Waals surface area contributed by atoms with E-state index in [9.17, 15) is 9.90 Å². The highest BCUT2D eigenvalue weighted by molar-refractivity contribution is 5.80. The van der Waals surface area contributed by atoms with Crippen molar-refractivity contribution < 1.29 is 14.4 Å². The third-order valence-electron chi connectivity index (χ3n) is 6.68. The molecule has 0 N–H and O–H groups in total. The van der Waals surface area contributed by atoms with Gasteiger partial charge in [0.1, 0.15) is 11.6 Å². The summed E-state index contributed by atoms with van der Waals surface area (Å²) < 4.78 is 12.5. The van der Waals surface area contributed by atoms with Crippen molar-refractivity contribution in [2.45, 2.75) is 53.5 Å². The summed E-state index contributed by atoms with van der Waals surface area (Å²) in [7, 11) is 0. The Kier molecular flexibility index (Phi) is 7.72. The summed E-state index contributed by atoms with van der Waals surface area (Å²) in [6.45, 7) is 8.24. The van der Waals surface area contributed by atoms with E-state index < -0.39 is 6.08 Å². The van der Waals surface area contributed by atoms with Gasteiger partial charge in [-0.3, -0.25) is 14.3 Å². The van der Waals surface area contributed by atoms with E-state index >= 15 is 0 Å². The molecule has 5 aromatic rings. The third-order valence-corrected chi connectivity index (χ3v) is 6.68. The Morgan fingerprint density at radius 1 is 1.00 bits per heavy atom. The molecular weight excluding hydrogens is 506 g/mol. The van der Waals surface area contributed by atoms with Gasteiger partial charge in [-0.15, -0.1) is 0 Å². The second-order valence-electron chi connectivity index (χ2n) is 9.62. The molecule has 0 aliphatic carbocycles. The van der Waals surface area contributed by atoms with Crippen molar-refractivity contribution in [1.82, 2.24) is 24.7 Å². The molecule has 0 spiro atoms. The number of aromatic nitrogens is 5. The van der Waals surface area contributed by atoms with Gasteiger partial charge in [-0.25, -0.2) is 9.97 Å². The Balaban J connectivity index is 1.50. The van der Waals surface area contributed by atoms with Gasteiger partial charge in [0.05, 0.1) is 18.4 Å². The summed E-state index contributed by atoms with van der Waals surface area (Å²) in [4.78, 5) is 26.9. The molecule has 9 heteroatoms. The maximum Gasteiger partial charge on any atom is 0.297 e. The minimum Gasteiger partial charge on any atom is -0.528 e. The molecule has 0 fully saturated rings. The highest BCUT2D eigenvalue weighted by atomic mass is 16.6. The molecule has 2 aromatic carbocycles. The Labute approximate surface area is 232 Å². The summed E-state index contributed by atoms with van der Waals surface area (Å²) in [5.74, 6) is 1.76. The molecule has 0 bridgehead atoms. The van der Waals surface area contributed by atoms with Gasteiger partial charge < -0.3 is 14.4 Å². The van der Waals surface area contributed by atoms with Crippen molar-refractivity contribution in [3.63, 3.8) is 0 Å². The topological polar surface area (TPSA) is 119 Å². The fourth-order valence-electron chi connectivity index (χ4n) is 4.67. The molecule has 0 radical (unpaired) electrons. The van der Waals surface area contributed by atoms with Crippen molar-refractivity contribution >= 4 is 0 Å².